The summed E-state index contributed by atoms with van der Waals surface area (Å²) in [6.45, 7) is 3.57. The van der Waals surface area contributed by atoms with Crippen molar-refractivity contribution in [2.45, 2.75) is 13.8 Å². The Morgan fingerprint density at radius 2 is 2.11 bits per heavy atom. The number of aromatic nitrogens is 1. The molecule has 0 saturated carbocycles. The van der Waals surface area contributed by atoms with E-state index >= 15 is 0 Å². The normalized spacial score (nSPS) is 10.6. The van der Waals surface area contributed by atoms with Gasteiger partial charge in [0.2, 0.25) is 0 Å². The molecule has 0 radical (unpaired) electrons. The second kappa shape index (κ2) is 7.15. The predicted molar refractivity (Wildman–Crippen MR) is 70.7 cm³/mol. The Bertz CT molecular complexity index is 505. The summed E-state index contributed by atoms with van der Waals surface area (Å²) in [6.07, 6.45) is 2.82. The number of oxime groups is 1. The zero-order valence-electron chi connectivity index (χ0n) is 11.3. The molecule has 6 heteroatoms. The van der Waals surface area contributed by atoms with E-state index in [-0.39, 0.29) is 11.5 Å². The van der Waals surface area contributed by atoms with Gasteiger partial charge in [0.25, 0.3) is 5.88 Å². The number of methoxy groups -OCH3 is 2. The highest BCUT2D eigenvalue weighted by Crippen LogP contribution is 2.25. The van der Waals surface area contributed by atoms with Crippen LogP contribution in [0, 0.1) is 0 Å². The van der Waals surface area contributed by atoms with Crippen LogP contribution in [-0.4, -0.2) is 30.9 Å². The van der Waals surface area contributed by atoms with Gasteiger partial charge in [0.1, 0.15) is 5.57 Å². The first-order chi connectivity index (χ1) is 9.10. The molecule has 0 aliphatic rings. The summed E-state index contributed by atoms with van der Waals surface area (Å²) in [7, 11) is 2.73. The molecule has 0 spiro atoms. The van der Waals surface area contributed by atoms with Gasteiger partial charge < -0.3 is 14.3 Å². The molecule has 1 heterocycles. The van der Waals surface area contributed by atoms with Crippen molar-refractivity contribution >= 4 is 17.3 Å². The number of carbonyl (C=O) groups is 1. The highest BCUT2D eigenvalue weighted by molar-refractivity contribution is 6.16. The van der Waals surface area contributed by atoms with Crippen LogP contribution in [0.4, 0.5) is 0 Å². The fourth-order valence-electron chi connectivity index (χ4n) is 1.25. The monoisotopic (exact) mass is 264 g/mol. The van der Waals surface area contributed by atoms with Gasteiger partial charge in [-0.2, -0.15) is 0 Å². The minimum absolute atomic E-state index is 0.206. The molecule has 0 aliphatic heterocycles. The molecule has 1 aromatic heterocycles. The molecule has 0 atom stereocenters. The molecule has 0 bridgehead atoms. The van der Waals surface area contributed by atoms with E-state index in [1.165, 1.54) is 20.5 Å². The lowest BCUT2D eigenvalue weighted by Gasteiger charge is -2.08. The minimum Gasteiger partial charge on any atom is -0.503 e. The molecule has 1 rings (SSSR count). The largest absolute Gasteiger partial charge is 0.503 e. The van der Waals surface area contributed by atoms with Crippen LogP contribution in [0.25, 0.3) is 5.57 Å². The standard InChI is InChI=1S/C13H16N2O4/c1-9(2)15-19-12-10(6-5-7-14-12)11(8-17-3)13(16)18-4/h5-8H,1-4H3/b11-8+. The first-order valence-corrected chi connectivity index (χ1v) is 5.55. The molecule has 0 aromatic carbocycles. The van der Waals surface area contributed by atoms with Gasteiger partial charge in [-0.25, -0.2) is 9.78 Å². The van der Waals surface area contributed by atoms with Crippen LogP contribution >= 0.6 is 0 Å². The smallest absolute Gasteiger partial charge is 0.341 e. The molecule has 0 aliphatic carbocycles. The molecule has 6 nitrogen and oxygen atoms in total. The third-order valence-corrected chi connectivity index (χ3v) is 2.02. The Morgan fingerprint density at radius 1 is 1.37 bits per heavy atom. The maximum Gasteiger partial charge on any atom is 0.341 e. The van der Waals surface area contributed by atoms with Gasteiger partial charge in [-0.3, -0.25) is 0 Å². The lowest BCUT2D eigenvalue weighted by Crippen LogP contribution is -2.06. The first kappa shape index (κ1) is 14.7. The third-order valence-electron chi connectivity index (χ3n) is 2.02. The van der Waals surface area contributed by atoms with E-state index in [0.29, 0.717) is 5.56 Å². The number of esters is 1. The Kier molecular flexibility index (Phi) is 5.53. The Hall–Kier alpha value is -2.37. The van der Waals surface area contributed by atoms with Crippen molar-refractivity contribution in [3.63, 3.8) is 0 Å². The summed E-state index contributed by atoms with van der Waals surface area (Å²) >= 11 is 0. The van der Waals surface area contributed by atoms with Crippen molar-refractivity contribution in [2.75, 3.05) is 14.2 Å². The van der Waals surface area contributed by atoms with Crippen LogP contribution in [0.1, 0.15) is 19.4 Å². The van der Waals surface area contributed by atoms with Gasteiger partial charge in [-0.15, -0.1) is 0 Å². The molecular formula is C13H16N2O4. The number of pyridine rings is 1. The van der Waals surface area contributed by atoms with Crippen molar-refractivity contribution in [3.8, 4) is 5.88 Å². The molecule has 0 saturated heterocycles. The third kappa shape index (κ3) is 4.09. The van der Waals surface area contributed by atoms with E-state index in [1.807, 2.05) is 0 Å². The van der Waals surface area contributed by atoms with Crippen LogP contribution in [0.2, 0.25) is 0 Å². The number of hydrogen-bond donors (Lipinski definition) is 0. The van der Waals surface area contributed by atoms with Gasteiger partial charge in [-0.05, 0) is 26.0 Å². The van der Waals surface area contributed by atoms with Crippen LogP contribution in [0.5, 0.6) is 5.88 Å². The van der Waals surface area contributed by atoms with E-state index in [9.17, 15) is 4.79 Å². The van der Waals surface area contributed by atoms with Crippen molar-refractivity contribution in [2.24, 2.45) is 5.16 Å². The lowest BCUT2D eigenvalue weighted by molar-refractivity contribution is -0.133. The first-order valence-electron chi connectivity index (χ1n) is 5.55. The number of ether oxygens (including phenoxy) is 2. The Balaban J connectivity index is 3.20. The van der Waals surface area contributed by atoms with Crippen molar-refractivity contribution in [1.29, 1.82) is 0 Å². The number of rotatable bonds is 5. The van der Waals surface area contributed by atoms with Crippen molar-refractivity contribution in [1.82, 2.24) is 4.98 Å². The molecule has 0 amide bonds. The number of hydrogen-bond acceptors (Lipinski definition) is 6. The molecule has 102 valence electrons. The van der Waals surface area contributed by atoms with Gasteiger partial charge >= 0.3 is 5.97 Å². The highest BCUT2D eigenvalue weighted by atomic mass is 16.6. The molecular weight excluding hydrogens is 248 g/mol. The molecule has 0 N–H and O–H groups in total. The van der Waals surface area contributed by atoms with Crippen LogP contribution in [-0.2, 0) is 14.3 Å². The fraction of sp³-hybridized carbons (Fsp3) is 0.308. The minimum atomic E-state index is -0.545. The van der Waals surface area contributed by atoms with E-state index < -0.39 is 5.97 Å². The average Bonchev–Trinajstić information content (AvgIpc) is 2.42. The summed E-state index contributed by atoms with van der Waals surface area (Å²) in [6, 6.07) is 3.35. The van der Waals surface area contributed by atoms with Crippen molar-refractivity contribution in [3.05, 3.63) is 30.2 Å². The van der Waals surface area contributed by atoms with Gasteiger partial charge in [0, 0.05) is 6.20 Å². The zero-order valence-corrected chi connectivity index (χ0v) is 11.3. The molecule has 0 unspecified atom stereocenters. The van der Waals surface area contributed by atoms with Crippen LogP contribution < -0.4 is 4.84 Å². The van der Waals surface area contributed by atoms with E-state index in [1.54, 1.807) is 32.2 Å². The van der Waals surface area contributed by atoms with Crippen molar-refractivity contribution < 1.29 is 19.1 Å². The van der Waals surface area contributed by atoms with E-state index in [4.69, 9.17) is 14.3 Å². The SMILES string of the molecule is CO/C=C(/C(=O)OC)c1cccnc1ON=C(C)C. The predicted octanol–water partition coefficient (Wildman–Crippen LogP) is 2.02. The number of nitrogens with zero attached hydrogens (tertiary/aromatic N) is 2. The topological polar surface area (TPSA) is 70.0 Å². The summed E-state index contributed by atoms with van der Waals surface area (Å²) in [5.41, 5.74) is 1.38. The summed E-state index contributed by atoms with van der Waals surface area (Å²) < 4.78 is 9.57. The Labute approximate surface area is 111 Å². The summed E-state index contributed by atoms with van der Waals surface area (Å²) in [4.78, 5) is 20.9. The maximum atomic E-state index is 11.7. The summed E-state index contributed by atoms with van der Waals surface area (Å²) in [5.74, 6) is -0.339. The summed E-state index contributed by atoms with van der Waals surface area (Å²) in [5, 5.41) is 3.82. The quantitative estimate of drug-likeness (QED) is 0.267. The van der Waals surface area contributed by atoms with E-state index in [0.717, 1.165) is 5.71 Å². The number of carbonyl (C=O) groups excluding carboxylic acids is 1. The zero-order chi connectivity index (χ0) is 14.3. The maximum absolute atomic E-state index is 11.7. The van der Waals surface area contributed by atoms with Crippen LogP contribution in [0.3, 0.4) is 0 Å². The molecule has 19 heavy (non-hydrogen) atoms. The van der Waals surface area contributed by atoms with Gasteiger partial charge in [0.15, 0.2) is 0 Å². The Morgan fingerprint density at radius 3 is 2.68 bits per heavy atom. The lowest BCUT2D eigenvalue weighted by atomic mass is 10.1. The highest BCUT2D eigenvalue weighted by Gasteiger charge is 2.18. The second-order valence-electron chi connectivity index (χ2n) is 3.74. The molecule has 1 aromatic rings. The molecule has 0 fully saturated rings. The average molecular weight is 264 g/mol. The fourth-order valence-corrected chi connectivity index (χ4v) is 1.25. The second-order valence-corrected chi connectivity index (χ2v) is 3.74. The van der Waals surface area contributed by atoms with E-state index in [2.05, 4.69) is 10.1 Å². The van der Waals surface area contributed by atoms with Gasteiger partial charge in [-0.1, -0.05) is 5.16 Å². The van der Waals surface area contributed by atoms with Gasteiger partial charge in [0.05, 0.1) is 31.8 Å². The van der Waals surface area contributed by atoms with Crippen LogP contribution in [0.15, 0.2) is 29.7 Å².